The standard InChI is InChI=1S/C82H81F2N4O.Pt/c1-50(2)68-40-53(52-24-18-17-19-25-52)41-69(51(3)4)77(68)56-38-63(47-65(39-56)89-64-30-31-67-66-26-20-21-27-72(66)88(75(67)48-64)76-45-57(32-33-85-76)79(5,6)7)86-49-87(74-29-23-22-28-73(74)86)78-70(54-34-58(80(8,9)10)42-59(35-54)81(11,12)13)43-60(82(14,15)16)44-71(78)55-36-61(83)46-62(84)37-55;/h17-46,49-51H,1-16H3;/q-3;. The number of nitrogens with zero attached hydrogens (tertiary/aromatic N) is 4. The summed E-state index contributed by atoms with van der Waals surface area (Å²) in [6, 6.07) is 67.8. The number of rotatable bonds is 11. The minimum atomic E-state index is -0.646. The van der Waals surface area contributed by atoms with Crippen molar-refractivity contribution in [2.75, 3.05) is 9.80 Å². The Kier molecular flexibility index (Phi) is 16.9. The Morgan fingerprint density at radius 2 is 1.00 bits per heavy atom. The monoisotopic (exact) mass is 1370 g/mol. The van der Waals surface area contributed by atoms with Gasteiger partial charge in [-0.2, -0.15) is 6.07 Å². The summed E-state index contributed by atoms with van der Waals surface area (Å²) in [5.41, 5.74) is 18.9. The van der Waals surface area contributed by atoms with Gasteiger partial charge in [0.25, 0.3) is 0 Å². The van der Waals surface area contributed by atoms with Crippen LogP contribution >= 0.6 is 0 Å². The van der Waals surface area contributed by atoms with Gasteiger partial charge in [0.1, 0.15) is 17.5 Å². The zero-order chi connectivity index (χ0) is 63.2. The van der Waals surface area contributed by atoms with Crippen LogP contribution in [0, 0.1) is 30.4 Å². The summed E-state index contributed by atoms with van der Waals surface area (Å²) in [5, 5.41) is 2.13. The molecule has 462 valence electrons. The molecule has 0 fully saturated rings. The number of hydrogen-bond donors (Lipinski definition) is 0. The van der Waals surface area contributed by atoms with Crippen molar-refractivity contribution in [1.29, 1.82) is 0 Å². The molecule has 5 nitrogen and oxygen atoms in total. The summed E-state index contributed by atoms with van der Waals surface area (Å²) >= 11 is 0. The number of ether oxygens (including phenoxy) is 1. The van der Waals surface area contributed by atoms with E-state index in [1.165, 1.54) is 45.5 Å². The van der Waals surface area contributed by atoms with E-state index in [0.29, 0.717) is 22.6 Å². The molecule has 0 saturated heterocycles. The van der Waals surface area contributed by atoms with Gasteiger partial charge in [0.05, 0.1) is 0 Å². The Balaban J connectivity index is 0.00000833. The summed E-state index contributed by atoms with van der Waals surface area (Å²) in [6.07, 6.45) is 1.90. The van der Waals surface area contributed by atoms with Gasteiger partial charge in [0.15, 0.2) is 0 Å². The fraction of sp³-hybridized carbons (Fsp3) is 0.268. The van der Waals surface area contributed by atoms with Gasteiger partial charge in [-0.1, -0.05) is 207 Å². The van der Waals surface area contributed by atoms with Gasteiger partial charge in [0.2, 0.25) is 0 Å². The smallest absolute Gasteiger partial charge is 0.135 e. The maximum atomic E-state index is 15.9. The van der Waals surface area contributed by atoms with Gasteiger partial charge in [0, 0.05) is 78.5 Å². The molecule has 0 unspecified atom stereocenters. The van der Waals surface area contributed by atoms with Gasteiger partial charge >= 0.3 is 0 Å². The number of hydrogen-bond acceptors (Lipinski definition) is 4. The molecule has 0 saturated carbocycles. The van der Waals surface area contributed by atoms with Gasteiger partial charge < -0.3 is 19.1 Å². The van der Waals surface area contributed by atoms with Crippen molar-refractivity contribution in [3.63, 3.8) is 0 Å². The first-order valence-corrected chi connectivity index (χ1v) is 31.3. The Bertz CT molecular complexity index is 4450. The molecule has 0 atom stereocenters. The van der Waals surface area contributed by atoms with Gasteiger partial charge in [-0.05, 0) is 155 Å². The van der Waals surface area contributed by atoms with Crippen molar-refractivity contribution in [2.24, 2.45) is 0 Å². The predicted molar refractivity (Wildman–Crippen MR) is 369 cm³/mol. The second kappa shape index (κ2) is 23.9. The van der Waals surface area contributed by atoms with Crippen LogP contribution in [-0.4, -0.2) is 9.55 Å². The Hall–Kier alpha value is -8.12. The van der Waals surface area contributed by atoms with Crippen molar-refractivity contribution >= 4 is 44.6 Å². The first-order valence-electron chi connectivity index (χ1n) is 31.3. The fourth-order valence-electron chi connectivity index (χ4n) is 12.5. The second-order valence-electron chi connectivity index (χ2n) is 29.0. The average molecular weight is 1370 g/mol. The molecular weight excluding hydrogens is 1290 g/mol. The van der Waals surface area contributed by atoms with Crippen LogP contribution in [-0.2, 0) is 42.7 Å². The summed E-state index contributed by atoms with van der Waals surface area (Å²) in [4.78, 5) is 9.38. The molecule has 1 aliphatic heterocycles. The normalized spacial score (nSPS) is 13.0. The Morgan fingerprint density at radius 1 is 0.456 bits per heavy atom. The zero-order valence-electron chi connectivity index (χ0n) is 54.8. The van der Waals surface area contributed by atoms with Crippen molar-refractivity contribution in [3.8, 4) is 61.8 Å². The molecule has 12 rings (SSSR count). The number of anilines is 4. The van der Waals surface area contributed by atoms with E-state index in [4.69, 9.17) is 9.72 Å². The van der Waals surface area contributed by atoms with E-state index < -0.39 is 11.6 Å². The van der Waals surface area contributed by atoms with E-state index in [1.54, 1.807) is 0 Å². The van der Waals surface area contributed by atoms with Crippen LogP contribution in [0.25, 0.3) is 72.1 Å². The molecule has 0 radical (unpaired) electrons. The molecule has 0 amide bonds. The van der Waals surface area contributed by atoms with E-state index in [0.717, 1.165) is 89.8 Å². The van der Waals surface area contributed by atoms with Crippen LogP contribution in [0.5, 0.6) is 11.5 Å². The third kappa shape index (κ3) is 12.3. The summed E-state index contributed by atoms with van der Waals surface area (Å²) in [7, 11) is 0. The average Bonchev–Trinajstić information content (AvgIpc) is 1.45. The van der Waals surface area contributed by atoms with Crippen molar-refractivity contribution in [3.05, 3.63) is 246 Å². The molecule has 2 aromatic heterocycles. The molecule has 3 heterocycles. The first-order chi connectivity index (χ1) is 42.1. The number of benzene rings is 9. The van der Waals surface area contributed by atoms with E-state index >= 15 is 8.78 Å². The number of halogens is 2. The zero-order valence-corrected chi connectivity index (χ0v) is 57.1. The van der Waals surface area contributed by atoms with E-state index in [-0.39, 0.29) is 54.6 Å². The summed E-state index contributed by atoms with van der Waals surface area (Å²) < 4.78 is 41.2. The molecule has 0 bridgehead atoms. The van der Waals surface area contributed by atoms with Crippen LogP contribution in [0.3, 0.4) is 0 Å². The SMILES string of the molecule is CC(C)c1cc(-c2ccccc2)cc(C(C)C)c1-c1cc(Oc2[c-]c3c(cc2)c2ccccc2n3-c2cc(C(C)(C)C)ccn2)[c-]c(N2[CH-]N(c3c(-c4cc(F)cc(F)c4)cc(C(C)(C)C)cc3-c3cc(C(C)(C)C)cc(C(C)(C)C)c3)c3ccccc32)c1.[Pt]. The van der Waals surface area contributed by atoms with E-state index in [9.17, 15) is 0 Å². The number of fused-ring (bicyclic) bond motifs is 4. The molecule has 8 heteroatoms. The van der Waals surface area contributed by atoms with Gasteiger partial charge in [-0.3, -0.25) is 0 Å². The van der Waals surface area contributed by atoms with Crippen LogP contribution in [0.4, 0.5) is 31.5 Å². The maximum absolute atomic E-state index is 15.9. The van der Waals surface area contributed by atoms with Gasteiger partial charge in [-0.15, -0.1) is 53.6 Å². The largest absolute Gasteiger partial charge is 0.509 e. The second-order valence-corrected chi connectivity index (χ2v) is 29.0. The quantitative estimate of drug-likeness (QED) is 0.121. The van der Waals surface area contributed by atoms with Crippen LogP contribution < -0.4 is 14.5 Å². The molecule has 90 heavy (non-hydrogen) atoms. The number of pyridine rings is 1. The van der Waals surface area contributed by atoms with Crippen LogP contribution in [0.2, 0.25) is 0 Å². The first kappa shape index (κ1) is 63.4. The summed E-state index contributed by atoms with van der Waals surface area (Å²) in [6.45, 7) is 38.0. The third-order valence-corrected chi connectivity index (χ3v) is 17.5. The molecule has 0 N–H and O–H groups in total. The number of para-hydroxylation sites is 3. The van der Waals surface area contributed by atoms with Crippen LogP contribution in [0.1, 0.15) is 156 Å². The molecule has 9 aromatic carbocycles. The molecule has 1 aliphatic rings. The molecule has 11 aromatic rings. The fourth-order valence-corrected chi connectivity index (χ4v) is 12.5. The van der Waals surface area contributed by atoms with Crippen molar-refractivity contribution in [1.82, 2.24) is 9.55 Å². The third-order valence-electron chi connectivity index (χ3n) is 17.5. The summed E-state index contributed by atoms with van der Waals surface area (Å²) in [5.74, 6) is 0.842. The van der Waals surface area contributed by atoms with E-state index in [1.807, 2.05) is 12.3 Å². The Morgan fingerprint density at radius 3 is 1.59 bits per heavy atom. The minimum Gasteiger partial charge on any atom is -0.509 e. The molecule has 0 aliphatic carbocycles. The van der Waals surface area contributed by atoms with Gasteiger partial charge in [-0.25, -0.2) is 13.8 Å². The topological polar surface area (TPSA) is 33.5 Å². The number of aromatic nitrogens is 2. The Labute approximate surface area is 547 Å². The van der Waals surface area contributed by atoms with Crippen LogP contribution in [0.15, 0.2) is 182 Å². The van der Waals surface area contributed by atoms with E-state index in [2.05, 4.69) is 296 Å². The predicted octanol–water partition coefficient (Wildman–Crippen LogP) is 23.4. The molecule has 0 spiro atoms. The van der Waals surface area contributed by atoms with Crippen molar-refractivity contribution < 1.29 is 34.6 Å². The minimum absolute atomic E-state index is 0. The molecular formula is C82H81F2N4OPt-3. The van der Waals surface area contributed by atoms with Crippen molar-refractivity contribution in [2.45, 2.75) is 144 Å². The maximum Gasteiger partial charge on any atom is 0.135 e.